The van der Waals surface area contributed by atoms with Gasteiger partial charge in [-0.1, -0.05) is 12.8 Å². The largest absolute Gasteiger partial charge is 0.339 e. The molecular formula is C19H26N4O3S2. The fourth-order valence-corrected chi connectivity index (χ4v) is 6.66. The number of aromatic nitrogens is 3. The van der Waals surface area contributed by atoms with Crippen molar-refractivity contribution in [3.05, 3.63) is 23.5 Å². The van der Waals surface area contributed by atoms with Crippen LogP contribution >= 0.6 is 11.3 Å². The first-order valence-electron chi connectivity index (χ1n) is 9.84. The molecule has 0 spiro atoms. The minimum atomic E-state index is -3.55. The predicted octanol–water partition coefficient (Wildman–Crippen LogP) is 2.64. The van der Waals surface area contributed by atoms with E-state index in [1.807, 2.05) is 18.1 Å². The van der Waals surface area contributed by atoms with Gasteiger partial charge in [-0.15, -0.1) is 11.3 Å². The fourth-order valence-electron chi connectivity index (χ4n) is 4.52. The van der Waals surface area contributed by atoms with Gasteiger partial charge in [-0.2, -0.15) is 5.10 Å². The van der Waals surface area contributed by atoms with Crippen LogP contribution in [0.2, 0.25) is 0 Å². The van der Waals surface area contributed by atoms with Crippen molar-refractivity contribution in [3.63, 3.8) is 0 Å². The summed E-state index contributed by atoms with van der Waals surface area (Å²) in [5.41, 5.74) is 1.36. The normalized spacial score (nSPS) is 22.8. The van der Waals surface area contributed by atoms with E-state index in [1.165, 1.54) is 17.8 Å². The first-order chi connectivity index (χ1) is 13.4. The summed E-state index contributed by atoms with van der Waals surface area (Å²) in [7, 11) is -1.73. The van der Waals surface area contributed by atoms with Gasteiger partial charge in [-0.05, 0) is 31.6 Å². The zero-order valence-corrected chi connectivity index (χ0v) is 17.7. The summed E-state index contributed by atoms with van der Waals surface area (Å²) >= 11 is 1.39. The van der Waals surface area contributed by atoms with E-state index in [4.69, 9.17) is 0 Å². The van der Waals surface area contributed by atoms with Crippen molar-refractivity contribution in [2.45, 2.75) is 50.3 Å². The Morgan fingerprint density at radius 3 is 2.82 bits per heavy atom. The number of fused-ring (bicyclic) bond motifs is 1. The number of carbonyl (C=O) groups is 1. The molecule has 0 radical (unpaired) electrons. The van der Waals surface area contributed by atoms with Gasteiger partial charge in [-0.3, -0.25) is 9.48 Å². The SMILES string of the molecule is Cn1cc(-c2nc(CS(=O)(=O)CC(=O)N3CCCC4CCCCC43)cs2)cn1. The number of hydrogen-bond acceptors (Lipinski definition) is 6. The highest BCUT2D eigenvalue weighted by Gasteiger charge is 2.36. The van der Waals surface area contributed by atoms with E-state index in [-0.39, 0.29) is 17.7 Å². The average molecular weight is 423 g/mol. The van der Waals surface area contributed by atoms with Gasteiger partial charge in [0.2, 0.25) is 5.91 Å². The predicted molar refractivity (Wildman–Crippen MR) is 108 cm³/mol. The maximum atomic E-state index is 12.8. The van der Waals surface area contributed by atoms with E-state index >= 15 is 0 Å². The number of piperidine rings is 1. The summed E-state index contributed by atoms with van der Waals surface area (Å²) in [5, 5.41) is 6.61. The Labute approximate surface area is 169 Å². The van der Waals surface area contributed by atoms with Crippen molar-refractivity contribution in [3.8, 4) is 10.6 Å². The summed E-state index contributed by atoms with van der Waals surface area (Å²) in [6.07, 6.45) is 10.2. The smallest absolute Gasteiger partial charge is 0.238 e. The van der Waals surface area contributed by atoms with Gasteiger partial charge < -0.3 is 4.90 Å². The van der Waals surface area contributed by atoms with Crippen LogP contribution in [0, 0.1) is 5.92 Å². The molecule has 0 N–H and O–H groups in total. The number of carbonyl (C=O) groups excluding carboxylic acids is 1. The van der Waals surface area contributed by atoms with Crippen molar-refractivity contribution in [1.82, 2.24) is 19.7 Å². The number of rotatable bonds is 5. The fraction of sp³-hybridized carbons (Fsp3) is 0.632. The third-order valence-corrected chi connectivity index (χ3v) is 8.14. The number of likely N-dealkylation sites (tertiary alicyclic amines) is 1. The second kappa shape index (κ2) is 7.94. The number of aryl methyl sites for hydroxylation is 1. The van der Waals surface area contributed by atoms with Gasteiger partial charge in [0.15, 0.2) is 9.84 Å². The number of amides is 1. The Hall–Kier alpha value is -1.74. The third-order valence-electron chi connectivity index (χ3n) is 5.78. The zero-order chi connectivity index (χ0) is 19.7. The van der Waals surface area contributed by atoms with Gasteiger partial charge in [-0.25, -0.2) is 13.4 Å². The van der Waals surface area contributed by atoms with Crippen LogP contribution in [0.3, 0.4) is 0 Å². The number of thiazole rings is 1. The second-order valence-electron chi connectivity index (χ2n) is 7.92. The van der Waals surface area contributed by atoms with Gasteiger partial charge in [0.1, 0.15) is 10.8 Å². The zero-order valence-electron chi connectivity index (χ0n) is 16.1. The quantitative estimate of drug-likeness (QED) is 0.739. The molecule has 0 bridgehead atoms. The Kier molecular flexibility index (Phi) is 5.55. The maximum Gasteiger partial charge on any atom is 0.238 e. The summed E-state index contributed by atoms with van der Waals surface area (Å²) in [6, 6.07) is 0.238. The minimum absolute atomic E-state index is 0.197. The molecule has 4 rings (SSSR count). The number of hydrogen-bond donors (Lipinski definition) is 0. The molecule has 2 aliphatic rings. The lowest BCUT2D eigenvalue weighted by molar-refractivity contribution is -0.134. The molecule has 2 atom stereocenters. The lowest BCUT2D eigenvalue weighted by Crippen LogP contribution is -2.51. The summed E-state index contributed by atoms with van der Waals surface area (Å²) in [5.74, 6) is -0.304. The first-order valence-corrected chi connectivity index (χ1v) is 12.5. The number of nitrogens with zero attached hydrogens (tertiary/aromatic N) is 4. The molecule has 152 valence electrons. The topological polar surface area (TPSA) is 85.2 Å². The molecule has 9 heteroatoms. The Morgan fingerprint density at radius 2 is 2.04 bits per heavy atom. The molecule has 7 nitrogen and oxygen atoms in total. The molecule has 1 aliphatic carbocycles. The molecule has 28 heavy (non-hydrogen) atoms. The highest BCUT2D eigenvalue weighted by atomic mass is 32.2. The molecule has 2 fully saturated rings. The van der Waals surface area contributed by atoms with Crippen molar-refractivity contribution in [1.29, 1.82) is 0 Å². The monoisotopic (exact) mass is 422 g/mol. The van der Waals surface area contributed by atoms with E-state index in [2.05, 4.69) is 10.1 Å². The highest BCUT2D eigenvalue weighted by molar-refractivity contribution is 7.91. The Bertz CT molecular complexity index is 948. The number of sulfone groups is 1. The van der Waals surface area contributed by atoms with Crippen molar-refractivity contribution in [2.24, 2.45) is 13.0 Å². The summed E-state index contributed by atoms with van der Waals surface area (Å²) < 4.78 is 27.0. The molecule has 1 saturated carbocycles. The van der Waals surface area contributed by atoms with E-state index in [0.717, 1.165) is 42.7 Å². The molecule has 1 saturated heterocycles. The van der Waals surface area contributed by atoms with Crippen LogP contribution in [-0.4, -0.2) is 52.3 Å². The second-order valence-corrected chi connectivity index (χ2v) is 10.8. The maximum absolute atomic E-state index is 12.8. The van der Waals surface area contributed by atoms with E-state index in [1.54, 1.807) is 16.3 Å². The van der Waals surface area contributed by atoms with Crippen molar-refractivity contribution in [2.75, 3.05) is 12.3 Å². The molecule has 1 amide bonds. The summed E-state index contributed by atoms with van der Waals surface area (Å²) in [4.78, 5) is 19.1. The van der Waals surface area contributed by atoms with Gasteiger partial charge in [0.05, 0.1) is 17.6 Å². The van der Waals surface area contributed by atoms with Crippen LogP contribution < -0.4 is 0 Å². The van der Waals surface area contributed by atoms with E-state index < -0.39 is 15.6 Å². The van der Waals surface area contributed by atoms with Crippen LogP contribution in [-0.2, 0) is 27.4 Å². The molecule has 2 unspecified atom stereocenters. The van der Waals surface area contributed by atoms with Crippen molar-refractivity contribution < 1.29 is 13.2 Å². The first kappa shape index (κ1) is 19.6. The van der Waals surface area contributed by atoms with Crippen LogP contribution in [0.4, 0.5) is 0 Å². The molecule has 3 heterocycles. The minimum Gasteiger partial charge on any atom is -0.339 e. The molecule has 0 aromatic carbocycles. The molecule has 1 aliphatic heterocycles. The van der Waals surface area contributed by atoms with Crippen LogP contribution in [0.15, 0.2) is 17.8 Å². The van der Waals surface area contributed by atoms with Crippen molar-refractivity contribution >= 4 is 27.1 Å². The van der Waals surface area contributed by atoms with E-state index in [9.17, 15) is 13.2 Å². The summed E-state index contributed by atoms with van der Waals surface area (Å²) in [6.45, 7) is 0.692. The molecular weight excluding hydrogens is 396 g/mol. The molecule has 2 aromatic rings. The third kappa shape index (κ3) is 4.30. The van der Waals surface area contributed by atoms with Gasteiger partial charge >= 0.3 is 0 Å². The van der Waals surface area contributed by atoms with Gasteiger partial charge in [0.25, 0.3) is 0 Å². The Balaban J connectivity index is 1.41. The van der Waals surface area contributed by atoms with Crippen LogP contribution in [0.1, 0.15) is 44.2 Å². The highest BCUT2D eigenvalue weighted by Crippen LogP contribution is 2.35. The lowest BCUT2D eigenvalue weighted by atomic mass is 9.78. The van der Waals surface area contributed by atoms with Crippen LogP contribution in [0.25, 0.3) is 10.6 Å². The average Bonchev–Trinajstić information content (AvgIpc) is 3.29. The standard InChI is InChI=1S/C19H26N4O3S2/c1-22-10-15(9-20-22)19-21-16(11-27-19)12-28(25,26)13-18(24)23-8-4-6-14-5-2-3-7-17(14)23/h9-11,14,17H,2-8,12-13H2,1H3. The Morgan fingerprint density at radius 1 is 1.25 bits per heavy atom. The van der Waals surface area contributed by atoms with Crippen LogP contribution in [0.5, 0.6) is 0 Å². The lowest BCUT2D eigenvalue weighted by Gasteiger charge is -2.44. The molecule has 2 aromatic heterocycles. The van der Waals surface area contributed by atoms with Gasteiger partial charge in [0, 0.05) is 36.8 Å². The van der Waals surface area contributed by atoms with E-state index in [0.29, 0.717) is 18.2 Å².